The van der Waals surface area contributed by atoms with E-state index in [0.717, 1.165) is 55.6 Å². The predicted molar refractivity (Wildman–Crippen MR) is 139 cm³/mol. The summed E-state index contributed by atoms with van der Waals surface area (Å²) in [6, 6.07) is 8.22. The third kappa shape index (κ3) is 3.70. The van der Waals surface area contributed by atoms with Crippen LogP contribution in [0.2, 0.25) is 0 Å². The van der Waals surface area contributed by atoms with E-state index in [0.29, 0.717) is 35.0 Å². The molecule has 2 aromatic rings. The second kappa shape index (κ2) is 8.83. The summed E-state index contributed by atoms with van der Waals surface area (Å²) in [5, 5.41) is 30.8. The molecule has 4 saturated carbocycles. The van der Waals surface area contributed by atoms with Crippen LogP contribution < -0.4 is 0 Å². The van der Waals surface area contributed by atoms with E-state index in [-0.39, 0.29) is 17.6 Å². The van der Waals surface area contributed by atoms with E-state index in [1.165, 1.54) is 32.1 Å². The maximum atomic E-state index is 11.8. The second-order valence-electron chi connectivity index (χ2n) is 13.3. The molecule has 0 bridgehead atoms. The molecule has 0 unspecified atom stereocenters. The van der Waals surface area contributed by atoms with E-state index in [2.05, 4.69) is 47.9 Å². The smallest absolute Gasteiger partial charge is 0.113 e. The molecule has 1 heterocycles. The van der Waals surface area contributed by atoms with Crippen molar-refractivity contribution in [2.75, 3.05) is 0 Å². The summed E-state index contributed by atoms with van der Waals surface area (Å²) in [5.41, 5.74) is 2.47. The van der Waals surface area contributed by atoms with E-state index in [4.69, 9.17) is 0 Å². The quantitative estimate of drug-likeness (QED) is 0.565. The molecule has 0 saturated heterocycles. The van der Waals surface area contributed by atoms with Gasteiger partial charge < -0.3 is 10.2 Å². The van der Waals surface area contributed by atoms with E-state index < -0.39 is 0 Å². The van der Waals surface area contributed by atoms with E-state index >= 15 is 0 Å². The highest BCUT2D eigenvalue weighted by Crippen LogP contribution is 2.68. The van der Waals surface area contributed by atoms with Crippen LogP contribution in [-0.4, -0.2) is 37.4 Å². The first-order valence-corrected chi connectivity index (χ1v) is 14.5. The van der Waals surface area contributed by atoms with Crippen LogP contribution in [0.4, 0.5) is 0 Å². The summed E-state index contributed by atoms with van der Waals surface area (Å²) in [6.45, 7) is 8.32. The van der Waals surface area contributed by atoms with Gasteiger partial charge in [0.05, 0.1) is 17.7 Å². The predicted octanol–water partition coefficient (Wildman–Crippen LogP) is 5.84. The van der Waals surface area contributed by atoms with Crippen LogP contribution in [0, 0.1) is 46.3 Å². The van der Waals surface area contributed by atoms with Gasteiger partial charge in [-0.05, 0) is 123 Å². The minimum Gasteiger partial charge on any atom is -0.393 e. The Balaban J connectivity index is 1.14. The zero-order valence-corrected chi connectivity index (χ0v) is 21.9. The van der Waals surface area contributed by atoms with Crippen LogP contribution in [0.15, 0.2) is 24.3 Å². The topological polar surface area (TPSA) is 71.2 Å². The molecule has 0 radical (unpaired) electrons. The van der Waals surface area contributed by atoms with Crippen LogP contribution in [0.1, 0.15) is 85.0 Å². The van der Waals surface area contributed by atoms with Crippen LogP contribution >= 0.6 is 0 Å². The number of hydrogen-bond acceptors (Lipinski definition) is 4. The molecule has 192 valence electrons. The van der Waals surface area contributed by atoms with Crippen molar-refractivity contribution in [3.05, 3.63) is 24.3 Å². The summed E-state index contributed by atoms with van der Waals surface area (Å²) < 4.78 is 2.06. The largest absolute Gasteiger partial charge is 0.393 e. The molecule has 10 atom stereocenters. The number of aliphatic hydroxyl groups is 2. The maximum absolute atomic E-state index is 11.8. The molecule has 1 aromatic carbocycles. The Morgan fingerprint density at radius 1 is 1.03 bits per heavy atom. The number of aryl methyl sites for hydroxylation is 1. The van der Waals surface area contributed by atoms with Gasteiger partial charge in [0.2, 0.25) is 0 Å². The average Bonchev–Trinajstić information content (AvgIpc) is 3.42. The van der Waals surface area contributed by atoms with Gasteiger partial charge in [0.15, 0.2) is 0 Å². The normalized spacial score (nSPS) is 44.0. The minimum absolute atomic E-state index is 0.0535. The molecule has 0 spiro atoms. The van der Waals surface area contributed by atoms with E-state index in [9.17, 15) is 10.2 Å². The van der Waals surface area contributed by atoms with E-state index in [1.54, 1.807) is 0 Å². The van der Waals surface area contributed by atoms with Crippen molar-refractivity contribution in [3.63, 3.8) is 0 Å². The van der Waals surface area contributed by atoms with Gasteiger partial charge in [-0.1, -0.05) is 38.1 Å². The Kier molecular flexibility index (Phi) is 6.03. The van der Waals surface area contributed by atoms with Gasteiger partial charge in [-0.25, -0.2) is 4.68 Å². The van der Waals surface area contributed by atoms with Crippen molar-refractivity contribution >= 4 is 11.0 Å². The van der Waals surface area contributed by atoms with Gasteiger partial charge in [0.1, 0.15) is 5.52 Å². The van der Waals surface area contributed by atoms with Gasteiger partial charge in [0, 0.05) is 6.54 Å². The summed E-state index contributed by atoms with van der Waals surface area (Å²) in [4.78, 5) is 0. The number of aromatic nitrogens is 3. The van der Waals surface area contributed by atoms with Gasteiger partial charge >= 0.3 is 0 Å². The molecule has 5 heteroatoms. The van der Waals surface area contributed by atoms with Gasteiger partial charge in [-0.15, -0.1) is 5.10 Å². The summed E-state index contributed by atoms with van der Waals surface area (Å²) in [5.74, 6) is 3.92. The lowest BCUT2D eigenvalue weighted by Crippen LogP contribution is -2.58. The van der Waals surface area contributed by atoms with Crippen LogP contribution in [-0.2, 0) is 6.54 Å². The number of hydrogen-bond donors (Lipinski definition) is 2. The van der Waals surface area contributed by atoms with E-state index in [1.807, 2.05) is 12.1 Å². The highest BCUT2D eigenvalue weighted by molar-refractivity contribution is 5.73. The molecule has 1 aromatic heterocycles. The number of para-hydroxylation sites is 1. The van der Waals surface area contributed by atoms with Gasteiger partial charge in [0.25, 0.3) is 0 Å². The van der Waals surface area contributed by atoms with Crippen LogP contribution in [0.25, 0.3) is 11.0 Å². The summed E-state index contributed by atoms with van der Waals surface area (Å²) >= 11 is 0. The van der Waals surface area contributed by atoms with Crippen LogP contribution in [0.5, 0.6) is 0 Å². The fourth-order valence-electron chi connectivity index (χ4n) is 10.0. The Hall–Kier alpha value is -1.46. The number of aliphatic hydroxyl groups excluding tert-OH is 2. The highest BCUT2D eigenvalue weighted by atomic mass is 16.3. The second-order valence-corrected chi connectivity index (χ2v) is 13.3. The Morgan fingerprint density at radius 2 is 1.86 bits per heavy atom. The molecule has 2 N–H and O–H groups in total. The Labute approximate surface area is 210 Å². The fourth-order valence-corrected chi connectivity index (χ4v) is 10.0. The average molecular weight is 480 g/mol. The molecule has 6 rings (SSSR count). The molecule has 5 nitrogen and oxygen atoms in total. The van der Waals surface area contributed by atoms with Crippen molar-refractivity contribution in [3.8, 4) is 0 Å². The molecular weight excluding hydrogens is 434 g/mol. The molecule has 4 aliphatic rings. The maximum Gasteiger partial charge on any atom is 0.113 e. The monoisotopic (exact) mass is 479 g/mol. The summed E-state index contributed by atoms with van der Waals surface area (Å²) in [6.07, 6.45) is 11.2. The lowest BCUT2D eigenvalue weighted by molar-refractivity contribution is -0.174. The number of nitrogens with zero attached hydrogens (tertiary/aromatic N) is 3. The Bertz CT molecular complexity index is 1050. The SMILES string of the molecule is C[C@H](CCCn1nnc2ccccc21)[C@H]1CC[C@H]2[C@@H]3CC[C@@H]4C[C@H](O)CC[C@]4(C)[C@H]3C[C@H](O)[C@]12C. The third-order valence-corrected chi connectivity index (χ3v) is 12.0. The van der Waals surface area contributed by atoms with Crippen molar-refractivity contribution in [1.82, 2.24) is 15.0 Å². The van der Waals surface area contributed by atoms with Crippen molar-refractivity contribution < 1.29 is 10.2 Å². The first kappa shape index (κ1) is 23.9. The van der Waals surface area contributed by atoms with Gasteiger partial charge in [-0.3, -0.25) is 0 Å². The first-order chi connectivity index (χ1) is 16.8. The number of fused-ring (bicyclic) bond motifs is 6. The molecule has 4 aliphatic carbocycles. The molecular formula is C30H45N3O2. The molecule has 0 amide bonds. The number of benzene rings is 1. The standard InChI is InChI=1S/C30H45N3O2/c1-19(7-6-16-33-27-9-5-4-8-26(27)31-32-33)23-12-13-24-22-11-10-20-17-21(34)14-15-29(20,2)25(22)18-28(35)30(23,24)3/h4-5,8-9,19-25,28,34-35H,6-7,10-18H2,1-3H3/t19-,20-,21-,22+,23-,24+,25+,28+,29+,30-/m1/s1. The lowest BCUT2D eigenvalue weighted by Gasteiger charge is -2.62. The third-order valence-electron chi connectivity index (χ3n) is 12.0. The van der Waals surface area contributed by atoms with Gasteiger partial charge in [-0.2, -0.15) is 0 Å². The zero-order valence-electron chi connectivity index (χ0n) is 21.9. The molecule has 4 fully saturated rings. The summed E-state index contributed by atoms with van der Waals surface area (Å²) in [7, 11) is 0. The van der Waals surface area contributed by atoms with Crippen LogP contribution in [0.3, 0.4) is 0 Å². The van der Waals surface area contributed by atoms with Crippen molar-refractivity contribution in [2.24, 2.45) is 46.3 Å². The molecule has 35 heavy (non-hydrogen) atoms. The minimum atomic E-state index is -0.189. The highest BCUT2D eigenvalue weighted by Gasteiger charge is 2.63. The first-order valence-electron chi connectivity index (χ1n) is 14.5. The zero-order chi connectivity index (χ0) is 24.4. The molecule has 0 aliphatic heterocycles. The van der Waals surface area contributed by atoms with Crippen molar-refractivity contribution in [1.29, 1.82) is 0 Å². The number of rotatable bonds is 5. The Morgan fingerprint density at radius 3 is 2.71 bits per heavy atom. The lowest BCUT2D eigenvalue weighted by atomic mass is 9.43. The van der Waals surface area contributed by atoms with Crippen molar-refractivity contribution in [2.45, 2.75) is 104 Å². The fraction of sp³-hybridized carbons (Fsp3) is 0.800.